The Morgan fingerprint density at radius 2 is 1.10 bits per heavy atom. The predicted molar refractivity (Wildman–Crippen MR) is 161 cm³/mol. The fourth-order valence-electron chi connectivity index (χ4n) is 4.36. The molecule has 0 spiro atoms. The molecule has 0 saturated heterocycles. The largest absolute Gasteiger partial charge is 0.368 e. The third kappa shape index (κ3) is 7.18. The van der Waals surface area contributed by atoms with Crippen molar-refractivity contribution < 1.29 is 14.4 Å². The van der Waals surface area contributed by atoms with Crippen molar-refractivity contribution in [2.24, 2.45) is 9.98 Å². The Balaban J connectivity index is 1.24. The minimum atomic E-state index is -0.501. The minimum absolute atomic E-state index is 0.281. The Hall–Kier alpha value is -5.39. The van der Waals surface area contributed by atoms with Crippen molar-refractivity contribution >= 4 is 52.4 Å². The van der Waals surface area contributed by atoms with Gasteiger partial charge in [0, 0.05) is 59.1 Å². The summed E-state index contributed by atoms with van der Waals surface area (Å²) >= 11 is 0. The number of carbonyl (C=O) groups excluding carboxylic acids is 3. The first-order valence-corrected chi connectivity index (χ1v) is 13.3. The minimum Gasteiger partial charge on any atom is -0.368 e. The fourth-order valence-corrected chi connectivity index (χ4v) is 4.36. The van der Waals surface area contributed by atoms with E-state index in [4.69, 9.17) is 0 Å². The highest BCUT2D eigenvalue weighted by atomic mass is 16.2. The molecule has 0 aromatic heterocycles. The molecule has 12 nitrogen and oxygen atoms in total. The highest BCUT2D eigenvalue weighted by molar-refractivity contribution is 6.06. The molecule has 2 aliphatic heterocycles. The number of amides is 5. The molecule has 0 unspecified atom stereocenters. The second-order valence-corrected chi connectivity index (χ2v) is 9.29. The molecule has 12 heteroatoms. The van der Waals surface area contributed by atoms with Crippen LogP contribution in [0.3, 0.4) is 0 Å². The number of nitrogens with zero attached hydrogens (tertiary/aromatic N) is 2. The molecule has 210 valence electrons. The van der Waals surface area contributed by atoms with Gasteiger partial charge in [-0.15, -0.1) is 0 Å². The Morgan fingerprint density at radius 3 is 1.49 bits per heavy atom. The molecule has 3 aromatic rings. The van der Waals surface area contributed by atoms with Gasteiger partial charge in [0.25, 0.3) is 5.91 Å². The smallest absolute Gasteiger partial charge is 0.323 e. The number of rotatable bonds is 8. The molecular formula is C29H31N9O3. The summed E-state index contributed by atoms with van der Waals surface area (Å²) in [5.74, 6) is 1.33. The molecular weight excluding hydrogens is 522 g/mol. The van der Waals surface area contributed by atoms with Crippen molar-refractivity contribution in [3.63, 3.8) is 0 Å². The normalized spacial score (nSPS) is 13.7. The molecule has 0 atom stereocenters. The van der Waals surface area contributed by atoms with Gasteiger partial charge in [0.1, 0.15) is 11.7 Å². The van der Waals surface area contributed by atoms with E-state index in [9.17, 15) is 14.4 Å². The molecule has 0 radical (unpaired) electrons. The summed E-state index contributed by atoms with van der Waals surface area (Å²) < 4.78 is 0. The molecule has 0 fully saturated rings. The lowest BCUT2D eigenvalue weighted by Gasteiger charge is -2.13. The van der Waals surface area contributed by atoms with Gasteiger partial charge in [-0.05, 0) is 73.7 Å². The van der Waals surface area contributed by atoms with Crippen LogP contribution < -0.4 is 37.2 Å². The van der Waals surface area contributed by atoms with E-state index in [1.54, 1.807) is 49.4 Å². The van der Waals surface area contributed by atoms with Crippen molar-refractivity contribution in [3.8, 4) is 0 Å². The van der Waals surface area contributed by atoms with Crippen LogP contribution in [0.2, 0.25) is 0 Å². The number of hydrogen-bond donors (Lipinski definition) is 7. The number of hydrogen-bond acceptors (Lipinski definition) is 7. The van der Waals surface area contributed by atoms with E-state index in [1.807, 2.05) is 24.3 Å². The van der Waals surface area contributed by atoms with Crippen molar-refractivity contribution in [3.05, 3.63) is 83.4 Å². The zero-order chi connectivity index (χ0) is 28.6. The highest BCUT2D eigenvalue weighted by Gasteiger charge is 2.14. The maximum atomic E-state index is 12.8. The topological polar surface area (TPSA) is 160 Å². The molecule has 2 aliphatic rings. The molecule has 0 aliphatic carbocycles. The standard InChI is InChI=1S/C29H31N9O3/c1-2-30-27(39)20-15-23(37-28(40)35-21-7-3-18(4-8-21)25-31-11-12-32-25)17-24(16-20)38-29(41)36-22-9-5-19(6-10-22)26-33-13-14-34-26/h3-10,15-17H,2,11-14H2,1H3,(H,30,39)(H,31,32)(H,33,34)(H2,35,37,40)(H2,36,38,41). The number of nitrogens with one attached hydrogen (secondary N) is 7. The molecule has 41 heavy (non-hydrogen) atoms. The average Bonchev–Trinajstić information content (AvgIpc) is 3.69. The number of benzene rings is 3. The molecule has 2 heterocycles. The first-order chi connectivity index (χ1) is 20.0. The zero-order valence-electron chi connectivity index (χ0n) is 22.5. The van der Waals surface area contributed by atoms with Gasteiger partial charge < -0.3 is 37.2 Å². The Morgan fingerprint density at radius 1 is 0.659 bits per heavy atom. The van der Waals surface area contributed by atoms with Crippen LogP contribution in [0.15, 0.2) is 76.7 Å². The fraction of sp³-hybridized carbons (Fsp3) is 0.207. The van der Waals surface area contributed by atoms with E-state index in [-0.39, 0.29) is 11.5 Å². The second kappa shape index (κ2) is 12.6. The number of aliphatic imine (C=N–C) groups is 2. The Labute approximate surface area is 237 Å². The van der Waals surface area contributed by atoms with Crippen LogP contribution >= 0.6 is 0 Å². The molecule has 5 rings (SSSR count). The number of amidine groups is 2. The van der Waals surface area contributed by atoms with Crippen LogP contribution in [-0.2, 0) is 0 Å². The molecule has 5 amide bonds. The highest BCUT2D eigenvalue weighted by Crippen LogP contribution is 2.21. The quantitative estimate of drug-likeness (QED) is 0.227. The lowest BCUT2D eigenvalue weighted by Crippen LogP contribution is -2.25. The van der Waals surface area contributed by atoms with E-state index < -0.39 is 12.1 Å². The number of anilines is 4. The zero-order valence-corrected chi connectivity index (χ0v) is 22.5. The van der Waals surface area contributed by atoms with Crippen LogP contribution in [0, 0.1) is 0 Å². The van der Waals surface area contributed by atoms with E-state index in [2.05, 4.69) is 47.2 Å². The van der Waals surface area contributed by atoms with E-state index in [1.165, 1.54) is 0 Å². The summed E-state index contributed by atoms with van der Waals surface area (Å²) in [6.45, 7) is 5.35. The van der Waals surface area contributed by atoms with Gasteiger partial charge in [-0.25, -0.2) is 9.59 Å². The summed E-state index contributed by atoms with van der Waals surface area (Å²) in [6.07, 6.45) is 0. The summed E-state index contributed by atoms with van der Waals surface area (Å²) in [5, 5.41) is 20.2. The third-order valence-electron chi connectivity index (χ3n) is 6.23. The van der Waals surface area contributed by atoms with Gasteiger partial charge >= 0.3 is 12.1 Å². The SMILES string of the molecule is CCNC(=O)c1cc(NC(=O)Nc2ccc(C3=NCCN3)cc2)cc(NC(=O)Nc2ccc(C3=NCCN3)cc2)c1. The monoisotopic (exact) mass is 553 g/mol. The first-order valence-electron chi connectivity index (χ1n) is 13.3. The van der Waals surface area contributed by atoms with Gasteiger partial charge in [0.2, 0.25) is 0 Å². The summed E-state index contributed by atoms with van der Waals surface area (Å²) in [6, 6.07) is 18.3. The average molecular weight is 554 g/mol. The van der Waals surface area contributed by atoms with Gasteiger partial charge in [0.05, 0.1) is 13.1 Å². The van der Waals surface area contributed by atoms with Crippen LogP contribution in [0.25, 0.3) is 0 Å². The Bertz CT molecular complexity index is 1400. The lowest BCUT2D eigenvalue weighted by atomic mass is 10.1. The lowest BCUT2D eigenvalue weighted by molar-refractivity contribution is 0.0955. The van der Waals surface area contributed by atoms with E-state index in [0.29, 0.717) is 29.3 Å². The molecule has 3 aromatic carbocycles. The second-order valence-electron chi connectivity index (χ2n) is 9.29. The van der Waals surface area contributed by atoms with Crippen molar-refractivity contribution in [2.75, 3.05) is 54.0 Å². The maximum absolute atomic E-state index is 12.8. The molecule has 0 bridgehead atoms. The summed E-state index contributed by atoms with van der Waals surface area (Å²) in [5.41, 5.74) is 3.99. The molecule has 0 saturated carbocycles. The van der Waals surface area contributed by atoms with Crippen LogP contribution in [0.1, 0.15) is 28.4 Å². The van der Waals surface area contributed by atoms with Crippen molar-refractivity contribution in [1.29, 1.82) is 0 Å². The van der Waals surface area contributed by atoms with E-state index >= 15 is 0 Å². The summed E-state index contributed by atoms with van der Waals surface area (Å²) in [4.78, 5) is 46.9. The molecule has 7 N–H and O–H groups in total. The summed E-state index contributed by atoms with van der Waals surface area (Å²) in [7, 11) is 0. The van der Waals surface area contributed by atoms with Gasteiger partial charge in [-0.3, -0.25) is 14.8 Å². The third-order valence-corrected chi connectivity index (χ3v) is 6.23. The van der Waals surface area contributed by atoms with Gasteiger partial charge in [-0.2, -0.15) is 0 Å². The van der Waals surface area contributed by atoms with E-state index in [0.717, 1.165) is 49.0 Å². The van der Waals surface area contributed by atoms with Crippen LogP contribution in [0.5, 0.6) is 0 Å². The van der Waals surface area contributed by atoms with Crippen LogP contribution in [-0.4, -0.2) is 62.4 Å². The predicted octanol–water partition coefficient (Wildman–Crippen LogP) is 3.42. The first kappa shape index (κ1) is 27.2. The number of carbonyl (C=O) groups is 3. The van der Waals surface area contributed by atoms with Crippen molar-refractivity contribution in [1.82, 2.24) is 16.0 Å². The van der Waals surface area contributed by atoms with Crippen LogP contribution in [0.4, 0.5) is 32.3 Å². The maximum Gasteiger partial charge on any atom is 0.323 e. The van der Waals surface area contributed by atoms with Gasteiger partial charge in [0.15, 0.2) is 0 Å². The Kier molecular flexibility index (Phi) is 8.38. The van der Waals surface area contributed by atoms with Gasteiger partial charge in [-0.1, -0.05) is 0 Å². The van der Waals surface area contributed by atoms with Crippen molar-refractivity contribution in [2.45, 2.75) is 6.92 Å². The number of urea groups is 2.